The van der Waals surface area contributed by atoms with Crippen LogP contribution < -0.4 is 5.32 Å². The van der Waals surface area contributed by atoms with Crippen LogP contribution in [0.5, 0.6) is 0 Å². The van der Waals surface area contributed by atoms with Crippen LogP contribution in [0.1, 0.15) is 25.7 Å². The van der Waals surface area contributed by atoms with Crippen LogP contribution in [0.15, 0.2) is 0 Å². The van der Waals surface area contributed by atoms with Gasteiger partial charge in [-0.25, -0.2) is 0 Å². The van der Waals surface area contributed by atoms with E-state index < -0.39 is 0 Å². The third kappa shape index (κ3) is 1.38. The van der Waals surface area contributed by atoms with Crippen molar-refractivity contribution in [1.82, 2.24) is 5.32 Å². The Labute approximate surface area is 65.8 Å². The molecule has 0 bridgehead atoms. The van der Waals surface area contributed by atoms with E-state index in [9.17, 15) is 4.79 Å². The first-order chi connectivity index (χ1) is 5.27. The van der Waals surface area contributed by atoms with Gasteiger partial charge in [0, 0.05) is 5.92 Å². The quantitative estimate of drug-likeness (QED) is 0.591. The van der Waals surface area contributed by atoms with E-state index in [1.807, 2.05) is 0 Å². The molecule has 2 N–H and O–H groups in total. The Morgan fingerprint density at radius 3 is 2.36 bits per heavy atom. The Kier molecular flexibility index (Phi) is 1.60. The lowest BCUT2D eigenvalue weighted by Gasteiger charge is -2.32. The van der Waals surface area contributed by atoms with Gasteiger partial charge in [0.25, 0.3) is 0 Å². The predicted molar refractivity (Wildman–Crippen MR) is 39.9 cm³/mol. The van der Waals surface area contributed by atoms with E-state index in [0.717, 1.165) is 25.7 Å². The molecule has 1 amide bonds. The second kappa shape index (κ2) is 2.48. The molecule has 3 heteroatoms. The van der Waals surface area contributed by atoms with Crippen molar-refractivity contribution in [3.63, 3.8) is 0 Å². The summed E-state index contributed by atoms with van der Waals surface area (Å²) in [5.41, 5.74) is 0. The molecule has 0 radical (unpaired) electrons. The fourth-order valence-electron chi connectivity index (χ4n) is 1.30. The summed E-state index contributed by atoms with van der Waals surface area (Å²) < 4.78 is 0. The van der Waals surface area contributed by atoms with E-state index in [2.05, 4.69) is 5.32 Å². The van der Waals surface area contributed by atoms with Crippen molar-refractivity contribution in [3.05, 3.63) is 0 Å². The van der Waals surface area contributed by atoms with Crippen molar-refractivity contribution < 1.29 is 9.90 Å². The molecule has 2 unspecified atom stereocenters. The molecule has 2 aliphatic carbocycles. The Morgan fingerprint density at radius 2 is 2.00 bits per heavy atom. The molecule has 0 aromatic heterocycles. The largest absolute Gasteiger partial charge is 0.391 e. The van der Waals surface area contributed by atoms with Crippen LogP contribution in [-0.2, 0) is 4.79 Å². The second-order valence-corrected chi connectivity index (χ2v) is 3.53. The SMILES string of the molecule is O=C(NC1CCC1O)C1CC1. The average Bonchev–Trinajstić information content (AvgIpc) is 2.78. The van der Waals surface area contributed by atoms with Gasteiger partial charge in [-0.05, 0) is 25.7 Å². The molecule has 0 heterocycles. The van der Waals surface area contributed by atoms with Gasteiger partial charge in [0.15, 0.2) is 0 Å². The summed E-state index contributed by atoms with van der Waals surface area (Å²) in [6.07, 6.45) is 3.58. The fourth-order valence-corrected chi connectivity index (χ4v) is 1.30. The van der Waals surface area contributed by atoms with Crippen LogP contribution in [0.3, 0.4) is 0 Å². The summed E-state index contributed by atoms with van der Waals surface area (Å²) in [5, 5.41) is 12.0. The van der Waals surface area contributed by atoms with Crippen molar-refractivity contribution in [2.24, 2.45) is 5.92 Å². The lowest BCUT2D eigenvalue weighted by molar-refractivity contribution is -0.125. The van der Waals surface area contributed by atoms with E-state index in [0.29, 0.717) is 0 Å². The van der Waals surface area contributed by atoms with Crippen molar-refractivity contribution in [1.29, 1.82) is 0 Å². The van der Waals surface area contributed by atoms with E-state index in [4.69, 9.17) is 5.11 Å². The summed E-state index contributed by atoms with van der Waals surface area (Å²) in [5.74, 6) is 0.413. The maximum absolute atomic E-state index is 11.1. The molecule has 2 aliphatic rings. The lowest BCUT2D eigenvalue weighted by atomic mass is 9.89. The normalized spacial score (nSPS) is 36.1. The van der Waals surface area contributed by atoms with Crippen molar-refractivity contribution >= 4 is 5.91 Å². The van der Waals surface area contributed by atoms with Gasteiger partial charge in [-0.3, -0.25) is 4.79 Å². The number of rotatable bonds is 2. The van der Waals surface area contributed by atoms with Crippen molar-refractivity contribution in [2.75, 3.05) is 0 Å². The number of nitrogens with one attached hydrogen (secondary N) is 1. The predicted octanol–water partition coefficient (Wildman–Crippen LogP) is 0.0359. The topological polar surface area (TPSA) is 49.3 Å². The highest BCUT2D eigenvalue weighted by Gasteiger charge is 2.35. The Hall–Kier alpha value is -0.570. The maximum Gasteiger partial charge on any atom is 0.223 e. The molecule has 2 fully saturated rings. The zero-order valence-corrected chi connectivity index (χ0v) is 6.42. The summed E-state index contributed by atoms with van der Waals surface area (Å²) in [6, 6.07) is 0.0584. The molecule has 2 saturated carbocycles. The first kappa shape index (κ1) is 7.10. The van der Waals surface area contributed by atoms with Crippen LogP contribution >= 0.6 is 0 Å². The molecular weight excluding hydrogens is 142 g/mol. The van der Waals surface area contributed by atoms with Crippen LogP contribution in [0.25, 0.3) is 0 Å². The number of carbonyl (C=O) groups excluding carboxylic acids is 1. The molecule has 0 aliphatic heterocycles. The molecule has 2 atom stereocenters. The van der Waals surface area contributed by atoms with Gasteiger partial charge < -0.3 is 10.4 Å². The van der Waals surface area contributed by atoms with Crippen molar-refractivity contribution in [3.8, 4) is 0 Å². The van der Waals surface area contributed by atoms with E-state index in [1.165, 1.54) is 0 Å². The molecule has 2 rings (SSSR count). The zero-order valence-electron chi connectivity index (χ0n) is 6.42. The molecule has 0 aromatic rings. The number of aliphatic hydroxyl groups is 1. The maximum atomic E-state index is 11.1. The van der Waals surface area contributed by atoms with E-state index >= 15 is 0 Å². The van der Waals surface area contributed by atoms with E-state index in [-0.39, 0.29) is 24.0 Å². The highest BCUT2D eigenvalue weighted by Crippen LogP contribution is 2.30. The van der Waals surface area contributed by atoms with Gasteiger partial charge in [0.1, 0.15) is 0 Å². The van der Waals surface area contributed by atoms with Gasteiger partial charge in [0.05, 0.1) is 12.1 Å². The highest BCUT2D eigenvalue weighted by molar-refractivity contribution is 5.81. The van der Waals surface area contributed by atoms with Gasteiger partial charge in [-0.15, -0.1) is 0 Å². The number of hydrogen-bond acceptors (Lipinski definition) is 2. The Balaban J connectivity index is 1.75. The lowest BCUT2D eigenvalue weighted by Crippen LogP contribution is -2.50. The summed E-state index contributed by atoms with van der Waals surface area (Å²) in [6.45, 7) is 0. The summed E-state index contributed by atoms with van der Waals surface area (Å²) >= 11 is 0. The fraction of sp³-hybridized carbons (Fsp3) is 0.875. The van der Waals surface area contributed by atoms with E-state index in [1.54, 1.807) is 0 Å². The smallest absolute Gasteiger partial charge is 0.223 e. The molecule has 11 heavy (non-hydrogen) atoms. The monoisotopic (exact) mass is 155 g/mol. The van der Waals surface area contributed by atoms with Crippen molar-refractivity contribution in [2.45, 2.75) is 37.8 Å². The van der Waals surface area contributed by atoms with Crippen LogP contribution in [0.2, 0.25) is 0 Å². The third-order valence-corrected chi connectivity index (χ3v) is 2.51. The highest BCUT2D eigenvalue weighted by atomic mass is 16.3. The summed E-state index contributed by atoms with van der Waals surface area (Å²) in [7, 11) is 0. The first-order valence-electron chi connectivity index (χ1n) is 4.26. The Morgan fingerprint density at radius 1 is 1.27 bits per heavy atom. The Bertz CT molecular complexity index is 177. The molecule has 62 valence electrons. The number of amides is 1. The number of hydrogen-bond donors (Lipinski definition) is 2. The number of carbonyl (C=O) groups is 1. The number of aliphatic hydroxyl groups excluding tert-OH is 1. The molecule has 0 spiro atoms. The van der Waals surface area contributed by atoms with Gasteiger partial charge in [-0.1, -0.05) is 0 Å². The average molecular weight is 155 g/mol. The third-order valence-electron chi connectivity index (χ3n) is 2.51. The minimum Gasteiger partial charge on any atom is -0.391 e. The van der Waals surface area contributed by atoms with Crippen LogP contribution in [0.4, 0.5) is 0 Å². The standard InChI is InChI=1S/C8H13NO2/c10-7-4-3-6(7)9-8(11)5-1-2-5/h5-7,10H,1-4H2,(H,9,11). The van der Waals surface area contributed by atoms with Gasteiger partial charge in [0.2, 0.25) is 5.91 Å². The minimum absolute atomic E-state index is 0.0584. The summed E-state index contributed by atoms with van der Waals surface area (Å²) in [4.78, 5) is 11.1. The zero-order chi connectivity index (χ0) is 7.84. The molecular formula is C8H13NO2. The van der Waals surface area contributed by atoms with Crippen LogP contribution in [0, 0.1) is 5.92 Å². The molecule has 0 saturated heterocycles. The van der Waals surface area contributed by atoms with Gasteiger partial charge >= 0.3 is 0 Å². The van der Waals surface area contributed by atoms with Gasteiger partial charge in [-0.2, -0.15) is 0 Å². The molecule has 3 nitrogen and oxygen atoms in total. The van der Waals surface area contributed by atoms with Crippen LogP contribution in [-0.4, -0.2) is 23.2 Å². The molecule has 0 aromatic carbocycles. The minimum atomic E-state index is -0.280. The second-order valence-electron chi connectivity index (χ2n) is 3.53. The first-order valence-corrected chi connectivity index (χ1v) is 4.26.